The Morgan fingerprint density at radius 1 is 1.16 bits per heavy atom. The number of carbonyl (C=O) groups is 2. The van der Waals surface area contributed by atoms with E-state index in [-0.39, 0.29) is 5.78 Å². The largest absolute Gasteiger partial charge is 0.493 e. The van der Waals surface area contributed by atoms with E-state index in [1.54, 1.807) is 14.2 Å². The highest BCUT2D eigenvalue weighted by Gasteiger charge is 2.40. The van der Waals surface area contributed by atoms with Gasteiger partial charge in [-0.05, 0) is 43.9 Å². The van der Waals surface area contributed by atoms with Crippen LogP contribution in [0.3, 0.4) is 0 Å². The molecular formula is C24H30BrNO5. The van der Waals surface area contributed by atoms with Crippen molar-refractivity contribution in [1.82, 2.24) is 5.32 Å². The average Bonchev–Trinajstić information content (AvgIpc) is 2.75. The van der Waals surface area contributed by atoms with E-state index in [9.17, 15) is 9.59 Å². The molecule has 1 atom stereocenters. The minimum absolute atomic E-state index is 0.0595. The fourth-order valence-electron chi connectivity index (χ4n) is 4.25. The Kier molecular flexibility index (Phi) is 7.81. The van der Waals surface area contributed by atoms with E-state index >= 15 is 0 Å². The van der Waals surface area contributed by atoms with Crippen molar-refractivity contribution in [2.75, 3.05) is 20.8 Å². The highest BCUT2D eigenvalue weighted by atomic mass is 79.9. The van der Waals surface area contributed by atoms with Gasteiger partial charge >= 0.3 is 5.97 Å². The molecular weight excluding hydrogens is 462 g/mol. The Balaban J connectivity index is 2.10. The van der Waals surface area contributed by atoms with E-state index in [1.165, 1.54) is 0 Å². The van der Waals surface area contributed by atoms with Crippen molar-refractivity contribution in [3.63, 3.8) is 0 Å². The lowest BCUT2D eigenvalue weighted by Crippen LogP contribution is -2.34. The number of hydrogen-bond donors (Lipinski definition) is 1. The predicted molar refractivity (Wildman–Crippen MR) is 122 cm³/mol. The molecule has 0 saturated heterocycles. The maximum Gasteiger partial charge on any atom is 0.336 e. The summed E-state index contributed by atoms with van der Waals surface area (Å²) in [5.74, 6) is 0.248. The highest BCUT2D eigenvalue weighted by Crippen LogP contribution is 2.47. The Morgan fingerprint density at radius 2 is 1.87 bits per heavy atom. The molecule has 0 unspecified atom stereocenters. The second-order valence-corrected chi connectivity index (χ2v) is 8.69. The molecule has 0 radical (unpaired) electrons. The number of carbonyl (C=O) groups excluding carboxylic acids is 2. The van der Waals surface area contributed by atoms with Gasteiger partial charge in [0.2, 0.25) is 0 Å². The van der Waals surface area contributed by atoms with Gasteiger partial charge in [0.05, 0.1) is 26.4 Å². The molecule has 0 fully saturated rings. The lowest BCUT2D eigenvalue weighted by Gasteiger charge is -2.34. The first-order chi connectivity index (χ1) is 14.9. The van der Waals surface area contributed by atoms with Crippen LogP contribution in [0.2, 0.25) is 0 Å². The van der Waals surface area contributed by atoms with Crippen molar-refractivity contribution in [1.29, 1.82) is 0 Å². The number of nitrogens with one attached hydrogen (secondary N) is 1. The quantitative estimate of drug-likeness (QED) is 0.399. The molecule has 1 aliphatic carbocycles. The van der Waals surface area contributed by atoms with Crippen molar-refractivity contribution in [3.05, 3.63) is 44.7 Å². The zero-order valence-corrected chi connectivity index (χ0v) is 20.2. The summed E-state index contributed by atoms with van der Waals surface area (Å²) in [5.41, 5.74) is 3.51. The number of Topliss-reactive ketones (excluding diaryl/α,β-unsaturated/α-hetero) is 1. The summed E-state index contributed by atoms with van der Waals surface area (Å²) in [5, 5.41) is 3.32. The second kappa shape index (κ2) is 10.4. The maximum absolute atomic E-state index is 13.2. The normalized spacial score (nSPS) is 18.5. The summed E-state index contributed by atoms with van der Waals surface area (Å²) < 4.78 is 17.3. The van der Waals surface area contributed by atoms with Crippen molar-refractivity contribution in [3.8, 4) is 11.5 Å². The number of dihydropyridines is 1. The Hall–Kier alpha value is -2.28. The molecule has 0 spiro atoms. The molecule has 0 bridgehead atoms. The number of methoxy groups -OCH3 is 2. The van der Waals surface area contributed by atoms with Gasteiger partial charge in [0.15, 0.2) is 17.3 Å². The molecule has 2 aliphatic rings. The molecule has 0 aromatic heterocycles. The molecule has 1 N–H and O–H groups in total. The number of allylic oxidation sites excluding steroid dienone is 3. The molecule has 3 rings (SSSR count). The van der Waals surface area contributed by atoms with Gasteiger partial charge in [0.1, 0.15) is 0 Å². The third kappa shape index (κ3) is 4.81. The van der Waals surface area contributed by atoms with Crippen LogP contribution in [-0.4, -0.2) is 32.6 Å². The summed E-state index contributed by atoms with van der Waals surface area (Å²) >= 11 is 3.63. The number of hydrogen-bond acceptors (Lipinski definition) is 6. The van der Waals surface area contributed by atoms with Crippen LogP contribution in [0.1, 0.15) is 63.9 Å². The van der Waals surface area contributed by atoms with Crippen LogP contribution in [-0.2, 0) is 14.3 Å². The smallest absolute Gasteiger partial charge is 0.336 e. The van der Waals surface area contributed by atoms with Crippen LogP contribution >= 0.6 is 15.9 Å². The van der Waals surface area contributed by atoms with Crippen LogP contribution in [0.5, 0.6) is 11.5 Å². The van der Waals surface area contributed by atoms with E-state index < -0.39 is 11.9 Å². The topological polar surface area (TPSA) is 73.9 Å². The second-order valence-electron chi connectivity index (χ2n) is 7.84. The van der Waals surface area contributed by atoms with E-state index in [4.69, 9.17) is 14.2 Å². The van der Waals surface area contributed by atoms with E-state index in [2.05, 4.69) is 28.2 Å². The first kappa shape index (κ1) is 23.4. The maximum atomic E-state index is 13.2. The molecule has 7 heteroatoms. The molecule has 0 saturated carbocycles. The van der Waals surface area contributed by atoms with Crippen LogP contribution in [0.15, 0.2) is 39.1 Å². The van der Waals surface area contributed by atoms with Gasteiger partial charge in [0, 0.05) is 33.8 Å². The number of ketones is 1. The van der Waals surface area contributed by atoms with Crippen LogP contribution in [0.25, 0.3) is 0 Å². The van der Waals surface area contributed by atoms with Crippen LogP contribution < -0.4 is 14.8 Å². The minimum atomic E-state index is -0.531. The van der Waals surface area contributed by atoms with Gasteiger partial charge in [-0.3, -0.25) is 4.79 Å². The summed E-state index contributed by atoms with van der Waals surface area (Å²) in [7, 11) is 3.14. The minimum Gasteiger partial charge on any atom is -0.493 e. The Morgan fingerprint density at radius 3 is 2.55 bits per heavy atom. The van der Waals surface area contributed by atoms with Gasteiger partial charge in [-0.1, -0.05) is 35.7 Å². The molecule has 1 aromatic carbocycles. The zero-order valence-electron chi connectivity index (χ0n) is 18.6. The molecule has 1 aromatic rings. The first-order valence-corrected chi connectivity index (χ1v) is 11.5. The third-order valence-electron chi connectivity index (χ3n) is 5.79. The molecule has 0 amide bonds. The first-order valence-electron chi connectivity index (χ1n) is 10.7. The number of rotatable bonds is 8. The number of esters is 1. The van der Waals surface area contributed by atoms with Gasteiger partial charge in [-0.15, -0.1) is 0 Å². The number of benzene rings is 1. The van der Waals surface area contributed by atoms with Gasteiger partial charge in [-0.2, -0.15) is 0 Å². The van der Waals surface area contributed by atoms with Gasteiger partial charge < -0.3 is 19.5 Å². The molecule has 6 nitrogen and oxygen atoms in total. The van der Waals surface area contributed by atoms with E-state index in [0.29, 0.717) is 35.7 Å². The predicted octanol–water partition coefficient (Wildman–Crippen LogP) is 5.17. The zero-order chi connectivity index (χ0) is 22.5. The lowest BCUT2D eigenvalue weighted by atomic mass is 9.75. The fraction of sp³-hybridized carbons (Fsp3) is 0.500. The van der Waals surface area contributed by atoms with Crippen LogP contribution in [0.4, 0.5) is 0 Å². The van der Waals surface area contributed by atoms with Crippen LogP contribution in [0, 0.1) is 0 Å². The number of ether oxygens (including phenoxy) is 3. The average molecular weight is 492 g/mol. The number of unbranched alkanes of at least 4 members (excludes halogenated alkanes) is 2. The molecule has 1 heterocycles. The summed E-state index contributed by atoms with van der Waals surface area (Å²) in [4.78, 5) is 26.2. The monoisotopic (exact) mass is 491 g/mol. The lowest BCUT2D eigenvalue weighted by molar-refractivity contribution is -0.139. The fourth-order valence-corrected chi connectivity index (χ4v) is 4.80. The molecule has 168 valence electrons. The summed E-state index contributed by atoms with van der Waals surface area (Å²) in [6, 6.07) is 3.65. The third-order valence-corrected chi connectivity index (χ3v) is 6.48. The van der Waals surface area contributed by atoms with Crippen molar-refractivity contribution in [2.24, 2.45) is 0 Å². The molecule has 1 aliphatic heterocycles. The van der Waals surface area contributed by atoms with Crippen molar-refractivity contribution >= 4 is 27.7 Å². The summed E-state index contributed by atoms with van der Waals surface area (Å²) in [6.07, 6.45) is 4.92. The van der Waals surface area contributed by atoms with Gasteiger partial charge in [-0.25, -0.2) is 4.79 Å². The summed E-state index contributed by atoms with van der Waals surface area (Å²) in [6.45, 7) is 4.34. The van der Waals surface area contributed by atoms with E-state index in [0.717, 1.165) is 53.5 Å². The van der Waals surface area contributed by atoms with Crippen molar-refractivity contribution in [2.45, 2.75) is 58.3 Å². The standard InChI is InChI=1S/C24H30BrNO5/c1-5-6-7-11-31-24(28)21-14(2)26-17-9-8-10-18(27)23(17)22(21)15-12-19(29-3)20(30-4)13-16(15)25/h12-13,22,26H,5-11H2,1-4H3/t22-/m1/s1. The highest BCUT2D eigenvalue weighted by molar-refractivity contribution is 9.10. The van der Waals surface area contributed by atoms with E-state index in [1.807, 2.05) is 19.1 Å². The SMILES string of the molecule is CCCCCOC(=O)C1=C(C)NC2=C(C(=O)CCC2)[C@@H]1c1cc(OC)c(OC)cc1Br. The van der Waals surface area contributed by atoms with Gasteiger partial charge in [0.25, 0.3) is 0 Å². The Bertz CT molecular complexity index is 934. The Labute approximate surface area is 192 Å². The number of halogens is 1. The molecule has 31 heavy (non-hydrogen) atoms. The van der Waals surface area contributed by atoms with Crippen molar-refractivity contribution < 1.29 is 23.8 Å².